The molecule has 0 spiro atoms. The summed E-state index contributed by atoms with van der Waals surface area (Å²) in [6, 6.07) is 7.15. The Hall–Kier alpha value is -2.88. The van der Waals surface area contributed by atoms with Crippen molar-refractivity contribution in [1.82, 2.24) is 4.98 Å². The molecule has 3 heterocycles. The zero-order valence-electron chi connectivity index (χ0n) is 18.0. The first kappa shape index (κ1) is 22.3. The lowest BCUT2D eigenvalue weighted by Crippen LogP contribution is -2.16. The van der Waals surface area contributed by atoms with Gasteiger partial charge in [0.1, 0.15) is 22.5 Å². The molecule has 0 unspecified atom stereocenters. The highest BCUT2D eigenvalue weighted by Gasteiger charge is 2.32. The molecule has 0 bridgehead atoms. The van der Waals surface area contributed by atoms with Gasteiger partial charge in [0.15, 0.2) is 0 Å². The lowest BCUT2D eigenvalue weighted by Gasteiger charge is -2.18. The van der Waals surface area contributed by atoms with Crippen LogP contribution >= 0.6 is 11.3 Å². The number of thiophene rings is 1. The molecule has 168 valence electrons. The lowest BCUT2D eigenvalue weighted by atomic mass is 9.96. The Morgan fingerprint density at radius 1 is 1.25 bits per heavy atom. The minimum Gasteiger partial charge on any atom is -0.386 e. The van der Waals surface area contributed by atoms with E-state index in [1.54, 1.807) is 6.07 Å². The number of anilines is 2. The summed E-state index contributed by atoms with van der Waals surface area (Å²) >= 11 is 0.985. The van der Waals surface area contributed by atoms with Crippen LogP contribution in [0.5, 0.6) is 0 Å². The van der Waals surface area contributed by atoms with E-state index in [-0.39, 0.29) is 21.6 Å². The zero-order valence-corrected chi connectivity index (χ0v) is 18.9. The second-order valence-electron chi connectivity index (χ2n) is 8.71. The van der Waals surface area contributed by atoms with Crippen molar-refractivity contribution in [1.29, 1.82) is 0 Å². The smallest absolute Gasteiger partial charge is 0.251 e. The number of ether oxygens (including phenoxy) is 1. The van der Waals surface area contributed by atoms with Gasteiger partial charge in [0.05, 0.1) is 34.6 Å². The van der Waals surface area contributed by atoms with Crippen molar-refractivity contribution in [3.05, 3.63) is 64.4 Å². The highest BCUT2D eigenvalue weighted by Crippen LogP contribution is 2.41. The summed E-state index contributed by atoms with van der Waals surface area (Å²) in [5.41, 5.74) is 5.32. The van der Waals surface area contributed by atoms with Gasteiger partial charge in [-0.25, -0.2) is 13.8 Å². The molecule has 4 rings (SSSR count). The zero-order chi connectivity index (χ0) is 23.4. The molecular formula is C23H23F2N3O3S. The minimum atomic E-state index is -1.40. The van der Waals surface area contributed by atoms with Crippen LogP contribution in [0.4, 0.5) is 19.6 Å². The van der Waals surface area contributed by atoms with Gasteiger partial charge in [0.25, 0.3) is 5.91 Å². The fourth-order valence-corrected chi connectivity index (χ4v) is 4.74. The first-order valence-corrected chi connectivity index (χ1v) is 10.8. The van der Waals surface area contributed by atoms with E-state index >= 15 is 0 Å². The van der Waals surface area contributed by atoms with Crippen molar-refractivity contribution in [2.75, 3.05) is 5.32 Å². The number of rotatable bonds is 5. The van der Waals surface area contributed by atoms with Crippen LogP contribution in [0.2, 0.25) is 0 Å². The maximum Gasteiger partial charge on any atom is 0.251 e. The molecule has 0 radical (unpaired) electrons. The quantitative estimate of drug-likeness (QED) is 0.503. The van der Waals surface area contributed by atoms with E-state index < -0.39 is 28.7 Å². The van der Waals surface area contributed by atoms with Gasteiger partial charge < -0.3 is 20.9 Å². The average molecular weight is 460 g/mol. The molecule has 6 nitrogen and oxygen atoms in total. The number of nitrogens with two attached hydrogens (primary N) is 1. The summed E-state index contributed by atoms with van der Waals surface area (Å²) in [5.74, 6) is -1.98. The molecular weight excluding hydrogens is 436 g/mol. The molecule has 4 N–H and O–H groups in total. The first-order chi connectivity index (χ1) is 14.9. The third kappa shape index (κ3) is 3.99. The fourth-order valence-electron chi connectivity index (χ4n) is 3.62. The number of aromatic nitrogens is 1. The van der Waals surface area contributed by atoms with Crippen LogP contribution in [0, 0.1) is 11.6 Å². The number of nitrogens with zero attached hydrogens (tertiary/aromatic N) is 1. The first-order valence-electron chi connectivity index (χ1n) is 9.94. The molecule has 1 aliphatic heterocycles. The van der Waals surface area contributed by atoms with Crippen LogP contribution in [0.3, 0.4) is 0 Å². The minimum absolute atomic E-state index is 0.0919. The van der Waals surface area contributed by atoms with Crippen LogP contribution in [-0.2, 0) is 22.5 Å². The molecule has 0 saturated heterocycles. The largest absolute Gasteiger partial charge is 0.386 e. The Labute approximate surface area is 188 Å². The topological polar surface area (TPSA) is 97.5 Å². The van der Waals surface area contributed by atoms with Gasteiger partial charge in [-0.1, -0.05) is 6.07 Å². The van der Waals surface area contributed by atoms with Gasteiger partial charge in [0, 0.05) is 10.4 Å². The van der Waals surface area contributed by atoms with Gasteiger partial charge in [-0.2, -0.15) is 0 Å². The molecule has 1 amide bonds. The van der Waals surface area contributed by atoms with Gasteiger partial charge in [-0.3, -0.25) is 4.79 Å². The molecule has 0 fully saturated rings. The summed E-state index contributed by atoms with van der Waals surface area (Å²) in [7, 11) is 0. The van der Waals surface area contributed by atoms with Crippen molar-refractivity contribution in [3.8, 4) is 10.4 Å². The highest BCUT2D eigenvalue weighted by molar-refractivity contribution is 7.20. The number of aliphatic hydroxyl groups is 1. The van der Waals surface area contributed by atoms with E-state index in [0.717, 1.165) is 34.7 Å². The van der Waals surface area contributed by atoms with E-state index in [1.165, 1.54) is 19.9 Å². The number of hydrogen-bond donors (Lipinski definition) is 3. The van der Waals surface area contributed by atoms with Crippen LogP contribution in [0.25, 0.3) is 10.4 Å². The predicted octanol–water partition coefficient (Wildman–Crippen LogP) is 4.92. The summed E-state index contributed by atoms with van der Waals surface area (Å²) in [6.07, 6.45) is 0. The highest BCUT2D eigenvalue weighted by atomic mass is 32.1. The third-order valence-corrected chi connectivity index (χ3v) is 6.49. The number of hydrogen-bond acceptors (Lipinski definition) is 6. The van der Waals surface area contributed by atoms with E-state index in [2.05, 4.69) is 10.3 Å². The van der Waals surface area contributed by atoms with Crippen LogP contribution in [0.1, 0.15) is 54.9 Å². The standard InChI is InChI=1S/C23H23F2N3O3S/c1-22(2,30)11-7-14(24)19(15(25)8-11)17-9-12(20(26)29)21(32-17)28-18-6-5-13-16(27-18)10-31-23(13,3)4/h5-9,30H,10H2,1-4H3,(H2,26,29)(H,27,28). The van der Waals surface area contributed by atoms with Crippen LogP contribution < -0.4 is 11.1 Å². The molecule has 0 aliphatic carbocycles. The number of primary amides is 1. The second kappa shape index (κ2) is 7.61. The Bertz CT molecular complexity index is 1210. The summed E-state index contributed by atoms with van der Waals surface area (Å²) < 4.78 is 35.4. The number of halogens is 2. The fraction of sp³-hybridized carbons (Fsp3) is 0.304. The lowest BCUT2D eigenvalue weighted by molar-refractivity contribution is -0.00840. The van der Waals surface area contributed by atoms with E-state index in [1.807, 2.05) is 19.9 Å². The monoisotopic (exact) mass is 459 g/mol. The molecule has 0 saturated carbocycles. The Kier molecular flexibility index (Phi) is 5.31. The van der Waals surface area contributed by atoms with E-state index in [0.29, 0.717) is 17.4 Å². The number of nitrogens with one attached hydrogen (secondary N) is 1. The van der Waals surface area contributed by atoms with E-state index in [4.69, 9.17) is 10.5 Å². The number of carbonyl (C=O) groups excluding carboxylic acids is 1. The average Bonchev–Trinajstić information content (AvgIpc) is 3.21. The van der Waals surface area contributed by atoms with Gasteiger partial charge >= 0.3 is 0 Å². The number of fused-ring (bicyclic) bond motifs is 1. The van der Waals surface area contributed by atoms with E-state index in [9.17, 15) is 18.7 Å². The number of pyridine rings is 1. The Balaban J connectivity index is 1.73. The summed E-state index contributed by atoms with van der Waals surface area (Å²) in [4.78, 5) is 16.7. The molecule has 3 aromatic rings. The molecule has 0 atom stereocenters. The van der Waals surface area contributed by atoms with Gasteiger partial charge in [-0.15, -0.1) is 11.3 Å². The van der Waals surface area contributed by atoms with Crippen LogP contribution in [-0.4, -0.2) is 16.0 Å². The molecule has 32 heavy (non-hydrogen) atoms. The molecule has 2 aromatic heterocycles. The van der Waals surface area contributed by atoms with Crippen LogP contribution in [0.15, 0.2) is 30.3 Å². The predicted molar refractivity (Wildman–Crippen MR) is 119 cm³/mol. The molecule has 1 aliphatic rings. The molecule has 9 heteroatoms. The van der Waals surface area contributed by atoms with Gasteiger partial charge in [-0.05, 0) is 57.5 Å². The number of carbonyl (C=O) groups is 1. The number of amides is 1. The molecule has 1 aromatic carbocycles. The van der Waals surface area contributed by atoms with Crippen molar-refractivity contribution >= 4 is 28.1 Å². The number of benzene rings is 1. The summed E-state index contributed by atoms with van der Waals surface area (Å²) in [6.45, 7) is 7.15. The van der Waals surface area contributed by atoms with Gasteiger partial charge in [0.2, 0.25) is 0 Å². The Morgan fingerprint density at radius 2 is 1.91 bits per heavy atom. The maximum absolute atomic E-state index is 14.8. The SMILES string of the molecule is CC(C)(O)c1cc(F)c(-c2cc(C(N)=O)c(Nc3ccc4c(n3)COC4(C)C)s2)c(F)c1. The van der Waals surface area contributed by atoms with Crippen molar-refractivity contribution in [3.63, 3.8) is 0 Å². The van der Waals surface area contributed by atoms with Crippen molar-refractivity contribution < 1.29 is 23.4 Å². The Morgan fingerprint density at radius 3 is 2.50 bits per heavy atom. The summed E-state index contributed by atoms with van der Waals surface area (Å²) in [5, 5.41) is 13.4. The third-order valence-electron chi connectivity index (χ3n) is 5.43. The maximum atomic E-state index is 14.8. The normalized spacial score (nSPS) is 15.0. The van der Waals surface area contributed by atoms with Crippen molar-refractivity contribution in [2.45, 2.75) is 45.5 Å². The van der Waals surface area contributed by atoms with Crippen molar-refractivity contribution in [2.24, 2.45) is 5.73 Å². The second-order valence-corrected chi connectivity index (χ2v) is 9.76.